The first kappa shape index (κ1) is 14.6. The zero-order valence-corrected chi connectivity index (χ0v) is 13.8. The quantitative estimate of drug-likeness (QED) is 0.889. The summed E-state index contributed by atoms with van der Waals surface area (Å²) in [5.41, 5.74) is 1.64. The van der Waals surface area contributed by atoms with Crippen LogP contribution in [0.2, 0.25) is 0 Å². The molecule has 0 amide bonds. The number of nitrogens with one attached hydrogen (secondary N) is 1. The first-order valence-electron chi connectivity index (χ1n) is 8.33. The second-order valence-corrected chi connectivity index (χ2v) is 7.69. The third kappa shape index (κ3) is 3.26. The van der Waals surface area contributed by atoms with Gasteiger partial charge < -0.3 is 5.32 Å². The van der Waals surface area contributed by atoms with E-state index in [-0.39, 0.29) is 0 Å². The molecule has 0 spiro atoms. The number of hydrogen-bond donors (Lipinski definition) is 1. The van der Waals surface area contributed by atoms with Crippen molar-refractivity contribution >= 4 is 11.3 Å². The van der Waals surface area contributed by atoms with E-state index in [1.54, 1.807) is 15.3 Å². The molecule has 3 heteroatoms. The van der Waals surface area contributed by atoms with E-state index in [1.807, 2.05) is 0 Å². The first-order valence-corrected chi connectivity index (χ1v) is 9.14. The maximum Gasteiger partial charge on any atom is 0.0386 e. The Kier molecular flexibility index (Phi) is 4.79. The Morgan fingerprint density at radius 1 is 1.15 bits per heavy atom. The predicted octanol–water partition coefficient (Wildman–Crippen LogP) is 3.76. The lowest BCUT2D eigenvalue weighted by Gasteiger charge is -2.25. The fourth-order valence-corrected chi connectivity index (χ4v) is 4.77. The van der Waals surface area contributed by atoms with E-state index in [1.165, 1.54) is 51.6 Å². The highest BCUT2D eigenvalue weighted by Crippen LogP contribution is 2.32. The van der Waals surface area contributed by atoms with Crippen LogP contribution in [0, 0.1) is 0 Å². The molecule has 0 saturated carbocycles. The molecule has 2 aliphatic rings. The molecule has 2 nitrogen and oxygen atoms in total. The molecule has 1 fully saturated rings. The summed E-state index contributed by atoms with van der Waals surface area (Å²) in [6.45, 7) is 8.40. The van der Waals surface area contributed by atoms with Gasteiger partial charge in [-0.1, -0.05) is 0 Å². The number of rotatable bonds is 5. The molecular weight excluding hydrogens is 264 g/mol. The van der Waals surface area contributed by atoms with Crippen LogP contribution in [0.4, 0.5) is 0 Å². The van der Waals surface area contributed by atoms with Crippen molar-refractivity contribution in [2.75, 3.05) is 19.6 Å². The highest BCUT2D eigenvalue weighted by atomic mass is 32.1. The molecule has 2 heterocycles. The molecule has 0 bridgehead atoms. The summed E-state index contributed by atoms with van der Waals surface area (Å²) in [6.07, 6.45) is 8.17. The van der Waals surface area contributed by atoms with Crippen LogP contribution < -0.4 is 5.32 Å². The number of likely N-dealkylation sites (tertiary alicyclic amines) is 1. The number of aryl methyl sites for hydroxylation is 2. The van der Waals surface area contributed by atoms with Crippen molar-refractivity contribution in [3.63, 3.8) is 0 Å². The van der Waals surface area contributed by atoms with E-state index >= 15 is 0 Å². The molecule has 0 radical (unpaired) electrons. The van der Waals surface area contributed by atoms with Gasteiger partial charge in [0.2, 0.25) is 0 Å². The summed E-state index contributed by atoms with van der Waals surface area (Å²) in [5, 5.41) is 3.75. The molecule has 112 valence electrons. The van der Waals surface area contributed by atoms with Crippen molar-refractivity contribution in [1.29, 1.82) is 0 Å². The van der Waals surface area contributed by atoms with E-state index in [0.29, 0.717) is 12.1 Å². The summed E-state index contributed by atoms with van der Waals surface area (Å²) < 4.78 is 0. The van der Waals surface area contributed by atoms with Crippen LogP contribution in [0.5, 0.6) is 0 Å². The Morgan fingerprint density at radius 3 is 2.65 bits per heavy atom. The molecule has 1 N–H and O–H groups in total. The van der Waals surface area contributed by atoms with Gasteiger partial charge in [-0.2, -0.15) is 0 Å². The highest BCUT2D eigenvalue weighted by Gasteiger charge is 2.20. The molecule has 1 aliphatic heterocycles. The molecule has 1 aromatic heterocycles. The van der Waals surface area contributed by atoms with Crippen molar-refractivity contribution in [3.8, 4) is 0 Å². The minimum Gasteiger partial charge on any atom is -0.308 e. The summed E-state index contributed by atoms with van der Waals surface area (Å²) >= 11 is 2.05. The van der Waals surface area contributed by atoms with Gasteiger partial charge in [-0.15, -0.1) is 11.3 Å². The maximum atomic E-state index is 3.75. The van der Waals surface area contributed by atoms with Crippen LogP contribution in [0.3, 0.4) is 0 Å². The van der Waals surface area contributed by atoms with E-state index in [2.05, 4.69) is 41.5 Å². The van der Waals surface area contributed by atoms with E-state index in [4.69, 9.17) is 0 Å². The molecule has 1 aromatic rings. The van der Waals surface area contributed by atoms with Crippen LogP contribution in [0.1, 0.15) is 60.9 Å². The maximum absolute atomic E-state index is 3.75. The largest absolute Gasteiger partial charge is 0.308 e. The molecule has 1 aliphatic carbocycles. The molecule has 2 unspecified atom stereocenters. The smallest absolute Gasteiger partial charge is 0.0386 e. The fraction of sp³-hybridized carbons (Fsp3) is 0.765. The van der Waals surface area contributed by atoms with Gasteiger partial charge in [-0.3, -0.25) is 4.90 Å². The number of hydrogen-bond acceptors (Lipinski definition) is 3. The van der Waals surface area contributed by atoms with Crippen LogP contribution in [0.15, 0.2) is 6.07 Å². The third-order valence-electron chi connectivity index (χ3n) is 4.93. The SMILES string of the molecule is CC(NCC(C)N1CCCC1)c1cc2c(s1)CCCC2. The zero-order valence-electron chi connectivity index (χ0n) is 13.0. The fourth-order valence-electron chi connectivity index (χ4n) is 3.49. The van der Waals surface area contributed by atoms with Gasteiger partial charge in [0.25, 0.3) is 0 Å². The van der Waals surface area contributed by atoms with Gasteiger partial charge in [-0.25, -0.2) is 0 Å². The van der Waals surface area contributed by atoms with Gasteiger partial charge >= 0.3 is 0 Å². The normalized spacial score (nSPS) is 22.7. The standard InChI is InChI=1S/C17H28N2S/c1-13(19-9-5-6-10-19)12-18-14(2)17-11-15-7-3-4-8-16(15)20-17/h11,13-14,18H,3-10,12H2,1-2H3. The summed E-state index contributed by atoms with van der Waals surface area (Å²) in [4.78, 5) is 5.83. The van der Waals surface area contributed by atoms with Crippen LogP contribution in [-0.4, -0.2) is 30.6 Å². The molecule has 3 rings (SSSR count). The van der Waals surface area contributed by atoms with E-state index in [0.717, 1.165) is 6.54 Å². The molecule has 0 aromatic carbocycles. The Bertz CT molecular complexity index is 411. The van der Waals surface area contributed by atoms with Crippen LogP contribution in [-0.2, 0) is 12.8 Å². The van der Waals surface area contributed by atoms with Gasteiger partial charge in [0.1, 0.15) is 0 Å². The Hall–Kier alpha value is -0.380. The second kappa shape index (κ2) is 6.59. The minimum absolute atomic E-state index is 0.510. The van der Waals surface area contributed by atoms with Gasteiger partial charge in [0.15, 0.2) is 0 Å². The van der Waals surface area contributed by atoms with Gasteiger partial charge in [0.05, 0.1) is 0 Å². The van der Waals surface area contributed by atoms with Crippen molar-refractivity contribution < 1.29 is 0 Å². The average Bonchev–Trinajstić information content (AvgIpc) is 3.12. The number of thiophene rings is 1. The highest BCUT2D eigenvalue weighted by molar-refractivity contribution is 7.12. The van der Waals surface area contributed by atoms with Gasteiger partial charge in [-0.05, 0) is 77.1 Å². The Balaban J connectivity index is 1.53. The average molecular weight is 292 g/mol. The molecule has 1 saturated heterocycles. The van der Waals surface area contributed by atoms with Crippen molar-refractivity contribution in [3.05, 3.63) is 21.4 Å². The minimum atomic E-state index is 0.510. The Morgan fingerprint density at radius 2 is 1.90 bits per heavy atom. The summed E-state index contributed by atoms with van der Waals surface area (Å²) in [5.74, 6) is 0. The second-order valence-electron chi connectivity index (χ2n) is 6.53. The lowest BCUT2D eigenvalue weighted by atomic mass is 9.99. The lowest BCUT2D eigenvalue weighted by Crippen LogP contribution is -2.39. The zero-order chi connectivity index (χ0) is 13.9. The van der Waals surface area contributed by atoms with Crippen molar-refractivity contribution in [1.82, 2.24) is 10.2 Å². The van der Waals surface area contributed by atoms with Crippen molar-refractivity contribution in [2.45, 2.75) is 64.5 Å². The monoisotopic (exact) mass is 292 g/mol. The summed E-state index contributed by atoms with van der Waals surface area (Å²) in [6, 6.07) is 3.65. The number of nitrogens with zero attached hydrogens (tertiary/aromatic N) is 1. The Labute approximate surface area is 127 Å². The molecule has 20 heavy (non-hydrogen) atoms. The van der Waals surface area contributed by atoms with Gasteiger partial charge in [0, 0.05) is 28.4 Å². The van der Waals surface area contributed by atoms with Crippen LogP contribution >= 0.6 is 11.3 Å². The molecular formula is C17H28N2S. The van der Waals surface area contributed by atoms with E-state index < -0.39 is 0 Å². The third-order valence-corrected chi connectivity index (χ3v) is 6.35. The molecule has 2 atom stereocenters. The van der Waals surface area contributed by atoms with Crippen LogP contribution in [0.25, 0.3) is 0 Å². The topological polar surface area (TPSA) is 15.3 Å². The number of fused-ring (bicyclic) bond motifs is 1. The summed E-state index contributed by atoms with van der Waals surface area (Å²) in [7, 11) is 0. The lowest BCUT2D eigenvalue weighted by molar-refractivity contribution is 0.247. The van der Waals surface area contributed by atoms with E-state index in [9.17, 15) is 0 Å². The first-order chi connectivity index (χ1) is 9.74. The van der Waals surface area contributed by atoms with Crippen molar-refractivity contribution in [2.24, 2.45) is 0 Å². The predicted molar refractivity (Wildman–Crippen MR) is 87.6 cm³/mol.